The van der Waals surface area contributed by atoms with Crippen LogP contribution >= 0.6 is 0 Å². The van der Waals surface area contributed by atoms with Crippen LogP contribution in [0.2, 0.25) is 0 Å². The van der Waals surface area contributed by atoms with Crippen molar-refractivity contribution in [3.8, 4) is 27.9 Å². The molecular weight excluding hydrogens is 455 g/mol. The number of carbonyl (C=O) groups is 1. The number of benzene rings is 3. The largest absolute Gasteiger partial charge is 0.465 e. The van der Waals surface area contributed by atoms with E-state index in [0.717, 1.165) is 23.2 Å². The molecule has 5 rings (SSSR count). The quantitative estimate of drug-likeness (QED) is 0.401. The van der Waals surface area contributed by atoms with Crippen molar-refractivity contribution in [1.82, 2.24) is 9.78 Å². The third-order valence-corrected chi connectivity index (χ3v) is 7.16. The number of nitrogens with zero attached hydrogens (tertiary/aromatic N) is 2. The van der Waals surface area contributed by atoms with Gasteiger partial charge in [0.05, 0.1) is 29.0 Å². The SMILES string of the molecule is COC(=O)c1c(S(C)(=O)=O)cc(-c2ccc(F)cc2)c2c1-c1cn(-c3ccccc3)nc1CC2. The van der Waals surface area contributed by atoms with Crippen molar-refractivity contribution in [2.24, 2.45) is 0 Å². The van der Waals surface area contributed by atoms with Crippen LogP contribution in [0.25, 0.3) is 27.9 Å². The number of hydrogen-bond acceptors (Lipinski definition) is 5. The molecule has 0 N–H and O–H groups in total. The van der Waals surface area contributed by atoms with Crippen LogP contribution in [0.3, 0.4) is 0 Å². The Morgan fingerprint density at radius 2 is 1.74 bits per heavy atom. The van der Waals surface area contributed by atoms with E-state index in [1.807, 2.05) is 36.5 Å². The van der Waals surface area contributed by atoms with Gasteiger partial charge in [-0.25, -0.2) is 22.3 Å². The summed E-state index contributed by atoms with van der Waals surface area (Å²) in [4.78, 5) is 12.8. The molecule has 0 fully saturated rings. The van der Waals surface area contributed by atoms with Crippen molar-refractivity contribution < 1.29 is 22.3 Å². The zero-order valence-electron chi connectivity index (χ0n) is 18.6. The minimum atomic E-state index is -3.81. The molecule has 1 aliphatic rings. The highest BCUT2D eigenvalue weighted by molar-refractivity contribution is 7.90. The van der Waals surface area contributed by atoms with Gasteiger partial charge in [-0.05, 0) is 59.9 Å². The maximum atomic E-state index is 13.6. The summed E-state index contributed by atoms with van der Waals surface area (Å²) in [6, 6.07) is 16.9. The van der Waals surface area contributed by atoms with Crippen LogP contribution in [0.15, 0.2) is 71.8 Å². The third kappa shape index (κ3) is 3.70. The van der Waals surface area contributed by atoms with Gasteiger partial charge in [0.15, 0.2) is 9.84 Å². The van der Waals surface area contributed by atoms with Gasteiger partial charge < -0.3 is 4.74 Å². The number of rotatable bonds is 4. The van der Waals surface area contributed by atoms with Gasteiger partial charge in [0, 0.05) is 23.6 Å². The van der Waals surface area contributed by atoms with E-state index in [2.05, 4.69) is 0 Å². The summed E-state index contributed by atoms with van der Waals surface area (Å²) in [5.41, 5.74) is 4.89. The summed E-state index contributed by atoms with van der Waals surface area (Å²) < 4.78 is 46.1. The zero-order valence-corrected chi connectivity index (χ0v) is 19.4. The van der Waals surface area contributed by atoms with Crippen molar-refractivity contribution in [3.63, 3.8) is 0 Å². The van der Waals surface area contributed by atoms with Gasteiger partial charge in [-0.1, -0.05) is 30.3 Å². The van der Waals surface area contributed by atoms with Gasteiger partial charge in [-0.2, -0.15) is 5.10 Å². The van der Waals surface area contributed by atoms with Gasteiger partial charge in [0.2, 0.25) is 0 Å². The molecule has 0 unspecified atom stereocenters. The smallest absolute Gasteiger partial charge is 0.339 e. The Morgan fingerprint density at radius 3 is 2.38 bits per heavy atom. The number of halogens is 1. The monoisotopic (exact) mass is 476 g/mol. The first-order chi connectivity index (χ1) is 16.3. The Bertz CT molecular complexity index is 1530. The second kappa shape index (κ2) is 8.22. The number of methoxy groups -OCH3 is 1. The highest BCUT2D eigenvalue weighted by atomic mass is 32.2. The Balaban J connectivity index is 1.87. The molecule has 0 atom stereocenters. The summed E-state index contributed by atoms with van der Waals surface area (Å²) >= 11 is 0. The lowest BCUT2D eigenvalue weighted by Gasteiger charge is -2.24. The van der Waals surface area contributed by atoms with E-state index in [0.29, 0.717) is 35.1 Å². The fraction of sp³-hybridized carbons (Fsp3) is 0.154. The minimum absolute atomic E-state index is 0.000534. The van der Waals surface area contributed by atoms with E-state index in [1.54, 1.807) is 16.8 Å². The lowest BCUT2D eigenvalue weighted by atomic mass is 9.82. The van der Waals surface area contributed by atoms with Crippen LogP contribution < -0.4 is 0 Å². The molecule has 172 valence electrons. The lowest BCUT2D eigenvalue weighted by Crippen LogP contribution is -2.17. The highest BCUT2D eigenvalue weighted by Gasteiger charge is 2.33. The second-order valence-electron chi connectivity index (χ2n) is 8.19. The van der Waals surface area contributed by atoms with Gasteiger partial charge in [-0.3, -0.25) is 0 Å². The maximum absolute atomic E-state index is 13.6. The molecule has 4 aromatic rings. The minimum Gasteiger partial charge on any atom is -0.465 e. The Hall–Kier alpha value is -3.78. The first kappa shape index (κ1) is 22.0. The molecule has 0 amide bonds. The number of aryl methyl sites for hydroxylation is 1. The van der Waals surface area contributed by atoms with E-state index in [4.69, 9.17) is 9.84 Å². The Morgan fingerprint density at radius 1 is 1.03 bits per heavy atom. The number of ether oxygens (including phenoxy) is 1. The van der Waals surface area contributed by atoms with E-state index in [-0.39, 0.29) is 10.5 Å². The number of hydrogen-bond donors (Lipinski definition) is 0. The van der Waals surface area contributed by atoms with Gasteiger partial charge in [0.25, 0.3) is 0 Å². The molecule has 6 nitrogen and oxygen atoms in total. The van der Waals surface area contributed by atoms with Gasteiger partial charge >= 0.3 is 5.97 Å². The number of aromatic nitrogens is 2. The highest BCUT2D eigenvalue weighted by Crippen LogP contribution is 2.44. The molecule has 34 heavy (non-hydrogen) atoms. The summed E-state index contributed by atoms with van der Waals surface area (Å²) in [6.45, 7) is 0. The first-order valence-electron chi connectivity index (χ1n) is 10.7. The third-order valence-electron chi connectivity index (χ3n) is 6.04. The standard InChI is InChI=1S/C26H21FN2O4S/c1-33-26(30)25-23(34(2,31)32)14-20(16-8-10-17(27)11-9-16)19-12-13-22-21(24(19)25)15-29(28-22)18-6-4-3-5-7-18/h3-11,14-15H,12-13H2,1-2H3. The molecular formula is C26H21FN2O4S. The predicted octanol–water partition coefficient (Wildman–Crippen LogP) is 4.63. The maximum Gasteiger partial charge on any atom is 0.339 e. The summed E-state index contributed by atoms with van der Waals surface area (Å²) in [6.07, 6.45) is 4.02. The lowest BCUT2D eigenvalue weighted by molar-refractivity contribution is 0.0597. The topological polar surface area (TPSA) is 78.3 Å². The summed E-state index contributed by atoms with van der Waals surface area (Å²) in [7, 11) is -2.58. The van der Waals surface area contributed by atoms with Crippen molar-refractivity contribution >= 4 is 15.8 Å². The Labute approximate surface area is 196 Å². The van der Waals surface area contributed by atoms with Crippen molar-refractivity contribution in [2.75, 3.05) is 13.4 Å². The van der Waals surface area contributed by atoms with E-state index < -0.39 is 21.6 Å². The van der Waals surface area contributed by atoms with Crippen LogP contribution in [0.4, 0.5) is 4.39 Å². The number of fused-ring (bicyclic) bond motifs is 3. The molecule has 0 spiro atoms. The fourth-order valence-electron chi connectivity index (χ4n) is 4.50. The van der Waals surface area contributed by atoms with Crippen molar-refractivity contribution in [1.29, 1.82) is 0 Å². The Kier molecular flexibility index (Phi) is 5.32. The van der Waals surface area contributed by atoms with Gasteiger partial charge in [0.1, 0.15) is 5.82 Å². The van der Waals surface area contributed by atoms with E-state index >= 15 is 0 Å². The summed E-state index contributed by atoms with van der Waals surface area (Å²) in [5, 5.41) is 4.72. The van der Waals surface area contributed by atoms with Crippen LogP contribution in [0.5, 0.6) is 0 Å². The normalized spacial score (nSPS) is 12.7. The average molecular weight is 477 g/mol. The fourth-order valence-corrected chi connectivity index (χ4v) is 5.39. The number of carbonyl (C=O) groups excluding carboxylic acids is 1. The van der Waals surface area contributed by atoms with Gasteiger partial charge in [-0.15, -0.1) is 0 Å². The molecule has 8 heteroatoms. The van der Waals surface area contributed by atoms with Crippen molar-refractivity contribution in [3.05, 3.63) is 89.5 Å². The summed E-state index contributed by atoms with van der Waals surface area (Å²) in [5.74, 6) is -1.12. The predicted molar refractivity (Wildman–Crippen MR) is 126 cm³/mol. The zero-order chi connectivity index (χ0) is 24.0. The molecule has 3 aromatic carbocycles. The molecule has 0 radical (unpaired) electrons. The second-order valence-corrected chi connectivity index (χ2v) is 10.2. The number of sulfone groups is 1. The molecule has 1 aliphatic carbocycles. The van der Waals surface area contributed by atoms with Crippen molar-refractivity contribution in [2.45, 2.75) is 17.7 Å². The molecule has 1 heterocycles. The number of para-hydroxylation sites is 1. The van der Waals surface area contributed by atoms with Crippen LogP contribution in [0, 0.1) is 5.82 Å². The first-order valence-corrected chi connectivity index (χ1v) is 12.6. The molecule has 0 aliphatic heterocycles. The van der Waals surface area contributed by atoms with Crippen LogP contribution in [0.1, 0.15) is 21.6 Å². The molecule has 0 saturated carbocycles. The number of esters is 1. The van der Waals surface area contributed by atoms with E-state index in [1.165, 1.54) is 25.3 Å². The van der Waals surface area contributed by atoms with E-state index in [9.17, 15) is 17.6 Å². The molecule has 0 bridgehead atoms. The molecule has 0 saturated heterocycles. The van der Waals surface area contributed by atoms with Crippen LogP contribution in [-0.2, 0) is 27.4 Å². The molecule has 1 aromatic heterocycles. The van der Waals surface area contributed by atoms with Crippen LogP contribution in [-0.4, -0.2) is 37.5 Å². The average Bonchev–Trinajstić information content (AvgIpc) is 3.28.